The van der Waals surface area contributed by atoms with Gasteiger partial charge in [0.2, 0.25) is 0 Å². The quantitative estimate of drug-likeness (QED) is 0.728. The molecule has 0 atom stereocenters. The number of carbonyl (C=O) groups excluding carboxylic acids is 1. The molecule has 1 aromatic carbocycles. The van der Waals surface area contributed by atoms with Gasteiger partial charge in [0, 0.05) is 47.5 Å². The van der Waals surface area contributed by atoms with Crippen molar-refractivity contribution in [1.82, 2.24) is 9.88 Å². The van der Waals surface area contributed by atoms with E-state index in [0.29, 0.717) is 11.8 Å². The number of aromatic nitrogens is 1. The molecule has 1 aliphatic heterocycles. The molecule has 0 bridgehead atoms. The molecule has 0 spiro atoms. The van der Waals surface area contributed by atoms with Crippen molar-refractivity contribution in [3.8, 4) is 0 Å². The Morgan fingerprint density at radius 1 is 1.31 bits per heavy atom. The number of carbonyl (C=O) groups is 1. The number of hydrogen-bond acceptors (Lipinski definition) is 3. The Kier molecular flexibility index (Phi) is 4.39. The Balaban J connectivity index is 1.60. The van der Waals surface area contributed by atoms with Gasteiger partial charge in [-0.2, -0.15) is 0 Å². The van der Waals surface area contributed by atoms with E-state index in [4.69, 9.17) is 4.42 Å². The molecule has 0 unspecified atom stereocenters. The van der Waals surface area contributed by atoms with E-state index in [9.17, 15) is 4.79 Å². The van der Waals surface area contributed by atoms with Crippen LogP contribution in [-0.2, 0) is 0 Å². The number of H-pyrrole nitrogens is 1. The lowest BCUT2D eigenvalue weighted by Crippen LogP contribution is -2.34. The van der Waals surface area contributed by atoms with Gasteiger partial charge >= 0.3 is 0 Å². The molecule has 26 heavy (non-hydrogen) atoms. The monoisotopic (exact) mass is 349 g/mol. The van der Waals surface area contributed by atoms with Crippen LogP contribution in [0.3, 0.4) is 0 Å². The van der Waals surface area contributed by atoms with Gasteiger partial charge in [-0.25, -0.2) is 0 Å². The molecule has 5 heteroatoms. The maximum atomic E-state index is 12.2. The van der Waals surface area contributed by atoms with E-state index in [1.807, 2.05) is 18.2 Å². The average molecular weight is 349 g/mol. The number of amides is 1. The smallest absolute Gasteiger partial charge is 0.291 e. The fraction of sp³-hybridized carbons (Fsp3) is 0.286. The summed E-state index contributed by atoms with van der Waals surface area (Å²) < 4.78 is 5.16. The maximum Gasteiger partial charge on any atom is 0.291 e. The van der Waals surface area contributed by atoms with E-state index in [0.717, 1.165) is 36.1 Å². The average Bonchev–Trinajstić information content (AvgIpc) is 3.31. The van der Waals surface area contributed by atoms with Crippen LogP contribution in [0.5, 0.6) is 0 Å². The molecule has 3 heterocycles. The summed E-state index contributed by atoms with van der Waals surface area (Å²) in [6.45, 7) is 6.52. The molecule has 0 saturated heterocycles. The van der Waals surface area contributed by atoms with Gasteiger partial charge in [0.1, 0.15) is 0 Å². The third kappa shape index (κ3) is 3.18. The summed E-state index contributed by atoms with van der Waals surface area (Å²) >= 11 is 0. The number of nitrogens with one attached hydrogen (secondary N) is 2. The fourth-order valence-electron chi connectivity index (χ4n) is 3.46. The fourth-order valence-corrected chi connectivity index (χ4v) is 3.46. The van der Waals surface area contributed by atoms with Crippen LogP contribution in [0.25, 0.3) is 16.5 Å². The summed E-state index contributed by atoms with van der Waals surface area (Å²) in [7, 11) is 0. The van der Waals surface area contributed by atoms with Gasteiger partial charge in [0.25, 0.3) is 5.91 Å². The van der Waals surface area contributed by atoms with Crippen molar-refractivity contribution >= 4 is 28.1 Å². The minimum atomic E-state index is -0.240. The van der Waals surface area contributed by atoms with Crippen LogP contribution in [0.15, 0.2) is 53.3 Å². The highest BCUT2D eigenvalue weighted by Crippen LogP contribution is 2.31. The maximum absolute atomic E-state index is 12.2. The molecule has 1 amide bonds. The van der Waals surface area contributed by atoms with E-state index in [2.05, 4.69) is 41.3 Å². The zero-order chi connectivity index (χ0) is 18.1. The molecule has 0 radical (unpaired) electrons. The van der Waals surface area contributed by atoms with E-state index in [-0.39, 0.29) is 5.91 Å². The number of fused-ring (bicyclic) bond motifs is 1. The van der Waals surface area contributed by atoms with Gasteiger partial charge in [-0.3, -0.25) is 9.69 Å². The van der Waals surface area contributed by atoms with Crippen LogP contribution in [0.2, 0.25) is 0 Å². The highest BCUT2D eigenvalue weighted by atomic mass is 16.3. The summed E-state index contributed by atoms with van der Waals surface area (Å²) in [4.78, 5) is 18.0. The van der Waals surface area contributed by atoms with Gasteiger partial charge in [0.15, 0.2) is 5.76 Å². The summed E-state index contributed by atoms with van der Waals surface area (Å²) in [5.41, 5.74) is 4.42. The van der Waals surface area contributed by atoms with Crippen LogP contribution in [0, 0.1) is 0 Å². The van der Waals surface area contributed by atoms with Gasteiger partial charge in [-0.15, -0.1) is 0 Å². The second kappa shape index (κ2) is 6.84. The van der Waals surface area contributed by atoms with E-state index >= 15 is 0 Å². The molecule has 0 aliphatic carbocycles. The van der Waals surface area contributed by atoms with E-state index in [1.54, 1.807) is 12.1 Å². The Morgan fingerprint density at radius 3 is 2.88 bits per heavy atom. The Bertz CT molecular complexity index is 951. The van der Waals surface area contributed by atoms with Gasteiger partial charge in [0.05, 0.1) is 6.26 Å². The van der Waals surface area contributed by atoms with Crippen molar-refractivity contribution < 1.29 is 9.21 Å². The minimum Gasteiger partial charge on any atom is -0.459 e. The molecule has 0 saturated carbocycles. The van der Waals surface area contributed by atoms with Crippen molar-refractivity contribution in [1.29, 1.82) is 0 Å². The number of nitrogens with zero attached hydrogens (tertiary/aromatic N) is 1. The highest BCUT2D eigenvalue weighted by molar-refractivity contribution is 6.04. The topological polar surface area (TPSA) is 61.3 Å². The standard InChI is InChI=1S/C21H23N3O2/c1-14(2)24-9-7-15(8-10-24)18-13-22-19-6-5-16(12-17(18)19)23-21(25)20-4-3-11-26-20/h3-7,11-14,22H,8-10H2,1-2H3,(H,23,25). The minimum absolute atomic E-state index is 0.240. The third-order valence-electron chi connectivity index (χ3n) is 5.00. The van der Waals surface area contributed by atoms with Crippen molar-refractivity contribution in [2.75, 3.05) is 18.4 Å². The molecule has 2 aromatic heterocycles. The Labute approximate surface area is 152 Å². The van der Waals surface area contributed by atoms with E-state index in [1.165, 1.54) is 17.4 Å². The van der Waals surface area contributed by atoms with Crippen LogP contribution in [0.4, 0.5) is 5.69 Å². The third-order valence-corrected chi connectivity index (χ3v) is 5.00. The van der Waals surface area contributed by atoms with Crippen molar-refractivity contribution in [2.45, 2.75) is 26.3 Å². The first-order valence-corrected chi connectivity index (χ1v) is 9.01. The molecule has 0 fully saturated rings. The summed E-state index contributed by atoms with van der Waals surface area (Å²) in [5.74, 6) is 0.0686. The number of rotatable bonds is 4. The molecule has 134 valence electrons. The Hall–Kier alpha value is -2.79. The SMILES string of the molecule is CC(C)N1CC=C(c2c[nH]c3ccc(NC(=O)c4ccco4)cc23)CC1. The number of hydrogen-bond donors (Lipinski definition) is 2. The second-order valence-corrected chi connectivity index (χ2v) is 6.96. The zero-order valence-electron chi connectivity index (χ0n) is 15.1. The Morgan fingerprint density at radius 2 is 2.19 bits per heavy atom. The van der Waals surface area contributed by atoms with Crippen LogP contribution in [-0.4, -0.2) is 34.9 Å². The van der Waals surface area contributed by atoms with Gasteiger partial charge in [-0.05, 0) is 56.2 Å². The molecule has 1 aliphatic rings. The van der Waals surface area contributed by atoms with Crippen molar-refractivity contribution in [3.05, 3.63) is 60.2 Å². The summed E-state index contributed by atoms with van der Waals surface area (Å²) in [5, 5.41) is 4.04. The largest absolute Gasteiger partial charge is 0.459 e. The normalized spacial score (nSPS) is 15.4. The summed E-state index contributed by atoms with van der Waals surface area (Å²) in [6.07, 6.45) is 6.92. The first kappa shape index (κ1) is 16.7. The number of furan rings is 1. The number of benzene rings is 1. The van der Waals surface area contributed by atoms with Crippen LogP contribution >= 0.6 is 0 Å². The van der Waals surface area contributed by atoms with Crippen molar-refractivity contribution in [3.63, 3.8) is 0 Å². The lowest BCUT2D eigenvalue weighted by atomic mass is 9.98. The van der Waals surface area contributed by atoms with E-state index < -0.39 is 0 Å². The van der Waals surface area contributed by atoms with Crippen LogP contribution < -0.4 is 5.32 Å². The summed E-state index contributed by atoms with van der Waals surface area (Å²) in [6, 6.07) is 9.86. The predicted molar refractivity (Wildman–Crippen MR) is 104 cm³/mol. The molecule has 2 N–H and O–H groups in total. The molecule has 5 nitrogen and oxygen atoms in total. The molecular weight excluding hydrogens is 326 g/mol. The van der Waals surface area contributed by atoms with Gasteiger partial charge < -0.3 is 14.7 Å². The molecular formula is C21H23N3O2. The number of aromatic amines is 1. The lowest BCUT2D eigenvalue weighted by molar-refractivity contribution is 0.0996. The van der Waals surface area contributed by atoms with Crippen molar-refractivity contribution in [2.24, 2.45) is 0 Å². The highest BCUT2D eigenvalue weighted by Gasteiger charge is 2.17. The lowest BCUT2D eigenvalue weighted by Gasteiger charge is -2.29. The van der Waals surface area contributed by atoms with Gasteiger partial charge in [-0.1, -0.05) is 6.08 Å². The first-order valence-electron chi connectivity index (χ1n) is 9.01. The second-order valence-electron chi connectivity index (χ2n) is 6.96. The zero-order valence-corrected chi connectivity index (χ0v) is 15.1. The molecule has 3 aromatic rings. The first-order chi connectivity index (χ1) is 12.6. The molecule has 4 rings (SSSR count). The van der Waals surface area contributed by atoms with Crippen LogP contribution in [0.1, 0.15) is 36.4 Å². The predicted octanol–water partition coefficient (Wildman–Crippen LogP) is 4.51. The number of anilines is 1.